The average Bonchev–Trinajstić information content (AvgIpc) is 3.19. The van der Waals surface area contributed by atoms with Crippen LogP contribution in [0.15, 0.2) is 18.2 Å². The molecular formula is C31H40O12. The summed E-state index contributed by atoms with van der Waals surface area (Å²) in [5.74, 6) is -2.31. The number of carbonyl (C=O) groups excluding carboxylic acids is 4. The van der Waals surface area contributed by atoms with Crippen molar-refractivity contribution >= 4 is 23.9 Å². The third-order valence-corrected chi connectivity index (χ3v) is 9.76. The molecule has 1 aromatic rings. The van der Waals surface area contributed by atoms with E-state index in [0.29, 0.717) is 6.42 Å². The van der Waals surface area contributed by atoms with Crippen LogP contribution in [0.1, 0.15) is 70.4 Å². The van der Waals surface area contributed by atoms with Crippen molar-refractivity contribution in [2.24, 2.45) is 17.3 Å². The fourth-order valence-corrected chi connectivity index (χ4v) is 8.12. The number of aliphatic hydroxyl groups excluding tert-OH is 1. The number of carbonyl (C=O) groups is 4. The number of methoxy groups -OCH3 is 1. The Labute approximate surface area is 249 Å². The first-order valence-corrected chi connectivity index (χ1v) is 14.7. The minimum Gasteiger partial charge on any atom is -0.508 e. The molecule has 0 aromatic heterocycles. The second-order valence-electron chi connectivity index (χ2n) is 12.4. The summed E-state index contributed by atoms with van der Waals surface area (Å²) in [6.45, 7) is 5.47. The second kappa shape index (κ2) is 12.0. The Kier molecular flexibility index (Phi) is 8.75. The standard InChI is InChI=1S/C31H40O12/c1-14(32)39-24-25(40-15(2)33)27(41-16(3)34)30(42-26(24)29(37)38-5)43-28-23(36)13-22-21-8-6-17-12-18(35)7-9-19(17)20(21)10-11-31(22,28)4/h7,9,12,20-28,30,35-36H,6,8,10-11,13H2,1-5H3/t20-,21-,22+,23-,24+,25+,26+,27-,28+,30+,31+/m1/s1. The fraction of sp³-hybridized carbons (Fsp3) is 0.677. The van der Waals surface area contributed by atoms with E-state index in [1.165, 1.54) is 5.56 Å². The highest BCUT2D eigenvalue weighted by Crippen LogP contribution is 2.62. The van der Waals surface area contributed by atoms with Crippen molar-refractivity contribution in [2.75, 3.05) is 7.11 Å². The maximum atomic E-state index is 12.8. The largest absolute Gasteiger partial charge is 0.508 e. The Morgan fingerprint density at radius 3 is 2.26 bits per heavy atom. The molecule has 0 bridgehead atoms. The third kappa shape index (κ3) is 5.84. The number of aliphatic hydroxyl groups is 1. The summed E-state index contributed by atoms with van der Waals surface area (Å²) in [5, 5.41) is 21.4. The van der Waals surface area contributed by atoms with E-state index in [0.717, 1.165) is 59.1 Å². The van der Waals surface area contributed by atoms with Gasteiger partial charge in [-0.25, -0.2) is 4.79 Å². The topological polar surface area (TPSA) is 164 Å². The summed E-state index contributed by atoms with van der Waals surface area (Å²) in [5.41, 5.74) is 1.90. The van der Waals surface area contributed by atoms with Crippen LogP contribution in [0, 0.1) is 17.3 Å². The molecular weight excluding hydrogens is 564 g/mol. The van der Waals surface area contributed by atoms with Crippen LogP contribution in [0.3, 0.4) is 0 Å². The Morgan fingerprint density at radius 2 is 1.60 bits per heavy atom. The maximum Gasteiger partial charge on any atom is 0.339 e. The van der Waals surface area contributed by atoms with Crippen molar-refractivity contribution in [1.29, 1.82) is 0 Å². The van der Waals surface area contributed by atoms with E-state index in [1.807, 2.05) is 12.1 Å². The highest BCUT2D eigenvalue weighted by atomic mass is 16.7. The number of hydrogen-bond donors (Lipinski definition) is 2. The maximum absolute atomic E-state index is 12.8. The summed E-state index contributed by atoms with van der Waals surface area (Å²) >= 11 is 0. The van der Waals surface area contributed by atoms with Crippen LogP contribution in [-0.4, -0.2) is 84.1 Å². The van der Waals surface area contributed by atoms with Crippen LogP contribution in [-0.2, 0) is 54.0 Å². The molecule has 1 heterocycles. The molecule has 11 atom stereocenters. The molecule has 3 fully saturated rings. The molecule has 0 amide bonds. The van der Waals surface area contributed by atoms with Crippen LogP contribution in [0.2, 0.25) is 0 Å². The number of ether oxygens (including phenoxy) is 6. The van der Waals surface area contributed by atoms with E-state index < -0.39 is 72.2 Å². The smallest absolute Gasteiger partial charge is 0.339 e. The van der Waals surface area contributed by atoms with Crippen LogP contribution >= 0.6 is 0 Å². The van der Waals surface area contributed by atoms with Gasteiger partial charge in [-0.15, -0.1) is 0 Å². The summed E-state index contributed by atoms with van der Waals surface area (Å²) < 4.78 is 33.7. The lowest BCUT2D eigenvalue weighted by atomic mass is 9.55. The average molecular weight is 605 g/mol. The Morgan fingerprint density at radius 1 is 0.953 bits per heavy atom. The van der Waals surface area contributed by atoms with E-state index in [-0.39, 0.29) is 23.5 Å². The molecule has 1 aliphatic heterocycles. The van der Waals surface area contributed by atoms with Gasteiger partial charge in [0, 0.05) is 20.8 Å². The molecule has 236 valence electrons. The number of hydrogen-bond acceptors (Lipinski definition) is 12. The van der Waals surface area contributed by atoms with Crippen LogP contribution < -0.4 is 0 Å². The molecule has 2 N–H and O–H groups in total. The summed E-state index contributed by atoms with van der Waals surface area (Å²) in [4.78, 5) is 49.2. The highest BCUT2D eigenvalue weighted by molar-refractivity contribution is 5.77. The molecule has 1 saturated heterocycles. The van der Waals surface area contributed by atoms with E-state index in [9.17, 15) is 29.4 Å². The van der Waals surface area contributed by atoms with Gasteiger partial charge in [0.1, 0.15) is 5.75 Å². The lowest BCUT2D eigenvalue weighted by Crippen LogP contribution is -2.65. The van der Waals surface area contributed by atoms with Gasteiger partial charge in [0.25, 0.3) is 0 Å². The molecule has 4 aliphatic rings. The normalized spacial score (nSPS) is 38.1. The number of aromatic hydroxyl groups is 1. The molecule has 3 aliphatic carbocycles. The summed E-state index contributed by atoms with van der Waals surface area (Å²) in [6.07, 6.45) is -5.32. The molecule has 12 nitrogen and oxygen atoms in total. The molecule has 0 radical (unpaired) electrons. The minimum atomic E-state index is -1.57. The summed E-state index contributed by atoms with van der Waals surface area (Å²) in [7, 11) is 1.12. The van der Waals surface area contributed by atoms with E-state index in [1.54, 1.807) is 6.07 Å². The lowest BCUT2D eigenvalue weighted by Gasteiger charge is -2.51. The second-order valence-corrected chi connectivity index (χ2v) is 12.4. The molecule has 43 heavy (non-hydrogen) atoms. The Hall–Kier alpha value is -3.22. The van der Waals surface area contributed by atoms with Crippen molar-refractivity contribution in [1.82, 2.24) is 0 Å². The van der Waals surface area contributed by atoms with E-state index >= 15 is 0 Å². The first-order valence-electron chi connectivity index (χ1n) is 14.7. The lowest BCUT2D eigenvalue weighted by molar-refractivity contribution is -0.322. The fourth-order valence-electron chi connectivity index (χ4n) is 8.12. The van der Waals surface area contributed by atoms with Gasteiger partial charge >= 0.3 is 23.9 Å². The van der Waals surface area contributed by atoms with Crippen LogP contribution in [0.25, 0.3) is 0 Å². The van der Waals surface area contributed by atoms with E-state index in [2.05, 4.69) is 6.92 Å². The van der Waals surface area contributed by atoms with Gasteiger partial charge in [-0.05, 0) is 78.5 Å². The molecule has 0 unspecified atom stereocenters. The Balaban J connectivity index is 1.46. The van der Waals surface area contributed by atoms with Crippen molar-refractivity contribution in [3.8, 4) is 5.75 Å². The summed E-state index contributed by atoms with van der Waals surface area (Å²) in [6, 6.07) is 5.57. The van der Waals surface area contributed by atoms with Crippen molar-refractivity contribution in [3.05, 3.63) is 29.3 Å². The quantitative estimate of drug-likeness (QED) is 0.360. The minimum absolute atomic E-state index is 0.0958. The van der Waals surface area contributed by atoms with E-state index in [4.69, 9.17) is 28.4 Å². The first kappa shape index (κ1) is 31.2. The zero-order valence-corrected chi connectivity index (χ0v) is 25.0. The zero-order valence-electron chi connectivity index (χ0n) is 25.0. The van der Waals surface area contributed by atoms with Gasteiger partial charge < -0.3 is 38.6 Å². The van der Waals surface area contributed by atoms with Crippen molar-refractivity contribution < 1.29 is 57.8 Å². The van der Waals surface area contributed by atoms with Gasteiger partial charge in [-0.1, -0.05) is 13.0 Å². The number of fused-ring (bicyclic) bond motifs is 5. The predicted octanol–water partition coefficient (Wildman–Crippen LogP) is 2.30. The van der Waals surface area contributed by atoms with Gasteiger partial charge in [-0.3, -0.25) is 14.4 Å². The highest BCUT2D eigenvalue weighted by Gasteiger charge is 2.62. The predicted molar refractivity (Wildman–Crippen MR) is 146 cm³/mol. The molecule has 2 saturated carbocycles. The molecule has 5 rings (SSSR count). The SMILES string of the molecule is COC(=O)[C@H]1O[C@@H](O[C@H]2[C@H](O)C[C@H]3[C@@H]4CCc5cc(O)ccc5[C@H]4CC[C@@]32C)[C@H](OC(C)=O)[C@@H](OC(C)=O)[C@@H]1OC(C)=O. The number of esters is 4. The van der Waals surface area contributed by atoms with Gasteiger partial charge in [0.05, 0.1) is 19.3 Å². The molecule has 0 spiro atoms. The van der Waals surface area contributed by atoms with Crippen LogP contribution in [0.5, 0.6) is 5.75 Å². The first-order chi connectivity index (χ1) is 20.3. The zero-order chi connectivity index (χ0) is 31.2. The number of phenols is 1. The molecule has 12 heteroatoms. The van der Waals surface area contributed by atoms with Gasteiger partial charge in [0.2, 0.25) is 0 Å². The van der Waals surface area contributed by atoms with Crippen molar-refractivity contribution in [3.63, 3.8) is 0 Å². The number of benzene rings is 1. The number of phenolic OH excluding ortho intramolecular Hbond substituents is 1. The third-order valence-electron chi connectivity index (χ3n) is 9.76. The van der Waals surface area contributed by atoms with Crippen LogP contribution in [0.4, 0.5) is 0 Å². The Bertz CT molecular complexity index is 1260. The monoisotopic (exact) mass is 604 g/mol. The molecule has 1 aromatic carbocycles. The van der Waals surface area contributed by atoms with Crippen molar-refractivity contribution in [2.45, 2.75) is 109 Å². The van der Waals surface area contributed by atoms with Gasteiger partial charge in [-0.2, -0.15) is 0 Å². The van der Waals surface area contributed by atoms with Gasteiger partial charge in [0.15, 0.2) is 30.7 Å². The number of rotatable bonds is 6. The number of aryl methyl sites for hydroxylation is 1.